The first-order valence-electron chi connectivity index (χ1n) is 1.31. The molecule has 0 aliphatic heterocycles. The van der Waals surface area contributed by atoms with Crippen LogP contribution in [0, 0.1) is 0 Å². The number of hydrogen-bond acceptors (Lipinski definition) is 2. The van der Waals surface area contributed by atoms with Crippen molar-refractivity contribution in [2.45, 2.75) is 6.92 Å². The molecule has 36 valence electrons. The molecule has 0 aromatic carbocycles. The maximum Gasteiger partial charge on any atom is 1.00 e. The minimum atomic E-state index is 0. The Morgan fingerprint density at radius 3 is 1.86 bits per heavy atom. The Kier molecular flexibility index (Phi) is 22.9. The van der Waals surface area contributed by atoms with E-state index in [4.69, 9.17) is 0 Å². The predicted octanol–water partition coefficient (Wildman–Crippen LogP) is -2.50. The van der Waals surface area contributed by atoms with E-state index >= 15 is 0 Å². The van der Waals surface area contributed by atoms with Crippen LogP contribution < -0.4 is 58.2 Å². The van der Waals surface area contributed by atoms with Crippen molar-refractivity contribution < 1.29 is 68.5 Å². The molecule has 0 bridgehead atoms. The Balaban J connectivity index is -0.0000000800. The minimum Gasteiger partial charge on any atom is -0.870 e. The Hall–Kier alpha value is 1.18. The van der Waals surface area contributed by atoms with Gasteiger partial charge in [0.2, 0.25) is 0 Å². The van der Waals surface area contributed by atoms with E-state index < -0.39 is 0 Å². The summed E-state index contributed by atoms with van der Waals surface area (Å²) in [6.07, 6.45) is 1.58. The fourth-order valence-corrected chi connectivity index (χ4v) is 0. The van der Waals surface area contributed by atoms with Gasteiger partial charge in [-0.1, -0.05) is 6.92 Å². The van der Waals surface area contributed by atoms with Crippen LogP contribution in [0.3, 0.4) is 0 Å². The van der Waals surface area contributed by atoms with Gasteiger partial charge in [0.05, 0.1) is 0 Å². The van der Waals surface area contributed by atoms with Crippen molar-refractivity contribution in [1.29, 1.82) is 0 Å². The average molecular weight is 172 g/mol. The summed E-state index contributed by atoms with van der Waals surface area (Å²) in [4.78, 5) is 9.28. The molecule has 0 heterocycles. The van der Waals surface area contributed by atoms with Gasteiger partial charge < -0.3 is 10.3 Å². The van der Waals surface area contributed by atoms with E-state index in [9.17, 15) is 4.79 Å². The second kappa shape index (κ2) is 10.2. The third-order valence-corrected chi connectivity index (χ3v) is 0.174. The van der Waals surface area contributed by atoms with Gasteiger partial charge in [-0.2, -0.15) is 5.57 Å². The fraction of sp³-hybridized carbons (Fsp3) is 0.250. The number of hydrogen-bond donors (Lipinski definition) is 0. The monoisotopic (exact) mass is 171 g/mol. The second-order valence-corrected chi connectivity index (χ2v) is 0.882. The standard InChI is InChI=1S/C4H5O.H2O.Rb/c1-4(2)3-5;;/h1H2,2H3;1H2;/q-1;;+1/p-1. The van der Waals surface area contributed by atoms with Crippen molar-refractivity contribution >= 4 is 6.29 Å². The summed E-state index contributed by atoms with van der Waals surface area (Å²) in [5.41, 5.74) is 0.449. The molecule has 0 aromatic heterocycles. The van der Waals surface area contributed by atoms with Crippen molar-refractivity contribution in [1.82, 2.24) is 0 Å². The van der Waals surface area contributed by atoms with Gasteiger partial charge in [-0.05, 0) is 6.29 Å². The minimum absolute atomic E-state index is 0. The molecule has 7 heavy (non-hydrogen) atoms. The Morgan fingerprint density at radius 1 is 1.71 bits per heavy atom. The Labute approximate surface area is 92.1 Å². The van der Waals surface area contributed by atoms with Gasteiger partial charge >= 0.3 is 58.2 Å². The molecule has 0 saturated heterocycles. The molecular weight excluding hydrogens is 166 g/mol. The third kappa shape index (κ3) is 19.1. The average Bonchev–Trinajstić information content (AvgIpc) is 1.38. The van der Waals surface area contributed by atoms with Crippen LogP contribution in [0.5, 0.6) is 0 Å². The molecule has 0 unspecified atom stereocenters. The van der Waals surface area contributed by atoms with E-state index in [1.165, 1.54) is 0 Å². The van der Waals surface area contributed by atoms with Crippen molar-refractivity contribution in [2.24, 2.45) is 0 Å². The molecule has 3 heteroatoms. The van der Waals surface area contributed by atoms with Gasteiger partial charge in [0, 0.05) is 0 Å². The SMILES string of the molecule is C=C(C)[C-]=O.[OH-].[Rb+]. The Bertz CT molecular complexity index is 60.7. The van der Waals surface area contributed by atoms with Crippen molar-refractivity contribution in [3.8, 4) is 0 Å². The van der Waals surface area contributed by atoms with Crippen LogP contribution >= 0.6 is 0 Å². The van der Waals surface area contributed by atoms with E-state index in [0.29, 0.717) is 5.57 Å². The van der Waals surface area contributed by atoms with Crippen LogP contribution in [0.15, 0.2) is 12.2 Å². The van der Waals surface area contributed by atoms with Crippen LogP contribution in [0.2, 0.25) is 0 Å². The summed E-state index contributed by atoms with van der Waals surface area (Å²) in [6, 6.07) is 0. The van der Waals surface area contributed by atoms with Crippen LogP contribution in [-0.2, 0) is 4.79 Å². The molecule has 0 rings (SSSR count). The summed E-state index contributed by atoms with van der Waals surface area (Å²) in [7, 11) is 0. The van der Waals surface area contributed by atoms with Gasteiger partial charge in [0.1, 0.15) is 0 Å². The van der Waals surface area contributed by atoms with Gasteiger partial charge in [0.15, 0.2) is 0 Å². The topological polar surface area (TPSA) is 47.1 Å². The largest absolute Gasteiger partial charge is 1.00 e. The molecule has 0 fully saturated rings. The molecule has 0 aliphatic rings. The van der Waals surface area contributed by atoms with Crippen molar-refractivity contribution in [3.63, 3.8) is 0 Å². The fourth-order valence-electron chi connectivity index (χ4n) is 0. The molecule has 0 saturated carbocycles. The molecule has 0 aromatic rings. The van der Waals surface area contributed by atoms with Gasteiger partial charge in [0.25, 0.3) is 0 Å². The third-order valence-electron chi connectivity index (χ3n) is 0.174. The first-order valence-corrected chi connectivity index (χ1v) is 1.31. The second-order valence-electron chi connectivity index (χ2n) is 0.882. The summed E-state index contributed by atoms with van der Waals surface area (Å²) in [5.74, 6) is 0. The zero-order chi connectivity index (χ0) is 4.28. The smallest absolute Gasteiger partial charge is 0.870 e. The first kappa shape index (κ1) is 15.7. The van der Waals surface area contributed by atoms with Gasteiger partial charge in [-0.15, -0.1) is 0 Å². The zero-order valence-electron chi connectivity index (χ0n) is 4.56. The van der Waals surface area contributed by atoms with Crippen LogP contribution in [-0.4, -0.2) is 11.8 Å². The Morgan fingerprint density at radius 2 is 1.86 bits per heavy atom. The first-order chi connectivity index (χ1) is 2.27. The molecule has 0 amide bonds. The zero-order valence-corrected chi connectivity index (χ0v) is 9.48. The summed E-state index contributed by atoms with van der Waals surface area (Å²) < 4.78 is 0. The van der Waals surface area contributed by atoms with E-state index in [2.05, 4.69) is 6.58 Å². The summed E-state index contributed by atoms with van der Waals surface area (Å²) in [6.45, 7) is 4.85. The van der Waals surface area contributed by atoms with Crippen molar-refractivity contribution in [3.05, 3.63) is 12.2 Å². The number of allylic oxidation sites excluding steroid dienone is 1. The van der Waals surface area contributed by atoms with Gasteiger partial charge in [-0.25, -0.2) is 6.58 Å². The summed E-state index contributed by atoms with van der Waals surface area (Å²) in [5, 5.41) is 0. The number of rotatable bonds is 1. The molecule has 0 atom stereocenters. The van der Waals surface area contributed by atoms with Crippen LogP contribution in [0.25, 0.3) is 0 Å². The van der Waals surface area contributed by atoms with E-state index in [-0.39, 0.29) is 63.7 Å². The van der Waals surface area contributed by atoms with E-state index in [0.717, 1.165) is 0 Å². The van der Waals surface area contributed by atoms with Crippen molar-refractivity contribution in [2.75, 3.05) is 0 Å². The van der Waals surface area contributed by atoms with Crippen LogP contribution in [0.4, 0.5) is 0 Å². The normalized spacial score (nSPS) is 4.71. The molecule has 0 aliphatic carbocycles. The number of carbonyl (C=O) groups excluding carboxylic acids is 1. The quantitative estimate of drug-likeness (QED) is 0.324. The maximum absolute atomic E-state index is 9.28. The predicted molar refractivity (Wildman–Crippen MR) is 22.4 cm³/mol. The van der Waals surface area contributed by atoms with E-state index in [1.807, 2.05) is 0 Å². The molecule has 0 radical (unpaired) electrons. The summed E-state index contributed by atoms with van der Waals surface area (Å²) >= 11 is 0. The molecular formula is C4H6O2Rb-. The van der Waals surface area contributed by atoms with Gasteiger partial charge in [-0.3, -0.25) is 0 Å². The van der Waals surface area contributed by atoms with Crippen LogP contribution in [0.1, 0.15) is 6.92 Å². The molecule has 0 spiro atoms. The molecule has 2 nitrogen and oxygen atoms in total. The molecule has 1 N–H and O–H groups in total. The maximum atomic E-state index is 9.28. The van der Waals surface area contributed by atoms with E-state index in [1.54, 1.807) is 13.2 Å².